The minimum Gasteiger partial charge on any atom is -0.273 e. The van der Waals surface area contributed by atoms with Gasteiger partial charge in [-0.15, -0.1) is 0 Å². The second-order valence-corrected chi connectivity index (χ2v) is 4.68. The fourth-order valence-electron chi connectivity index (χ4n) is 1.83. The number of hydrazone groups is 1. The molecule has 0 spiro atoms. The van der Waals surface area contributed by atoms with Crippen molar-refractivity contribution in [2.45, 2.75) is 6.42 Å². The van der Waals surface area contributed by atoms with Crippen LogP contribution in [0.2, 0.25) is 0 Å². The van der Waals surface area contributed by atoms with Crippen LogP contribution in [0.5, 0.6) is 0 Å². The number of carbonyl (C=O) groups excluding carboxylic acids is 1. The highest BCUT2D eigenvalue weighted by atomic mass is 16.6. The van der Waals surface area contributed by atoms with Crippen LogP contribution in [0.1, 0.15) is 11.1 Å². The Labute approximate surface area is 133 Å². The molecule has 2 aromatic carbocycles. The van der Waals surface area contributed by atoms with Crippen LogP contribution in [0.3, 0.4) is 0 Å². The van der Waals surface area contributed by atoms with Crippen LogP contribution >= 0.6 is 0 Å². The van der Waals surface area contributed by atoms with Crippen LogP contribution in [0.15, 0.2) is 65.8 Å². The number of carbonyl (C=O) groups is 1. The third kappa shape index (κ3) is 5.55. The van der Waals surface area contributed by atoms with Crippen molar-refractivity contribution in [1.29, 1.82) is 0 Å². The van der Waals surface area contributed by atoms with Gasteiger partial charge in [0.1, 0.15) is 0 Å². The van der Waals surface area contributed by atoms with E-state index in [0.29, 0.717) is 0 Å². The van der Waals surface area contributed by atoms with Crippen molar-refractivity contribution in [2.75, 3.05) is 0 Å². The topological polar surface area (TPSA) is 84.6 Å². The molecule has 0 heterocycles. The summed E-state index contributed by atoms with van der Waals surface area (Å²) in [6, 6.07) is 15.5. The van der Waals surface area contributed by atoms with Crippen LogP contribution in [-0.2, 0) is 11.2 Å². The number of nitrogens with zero attached hydrogens (tertiary/aromatic N) is 2. The van der Waals surface area contributed by atoms with Crippen LogP contribution in [-0.4, -0.2) is 17.0 Å². The van der Waals surface area contributed by atoms with E-state index < -0.39 is 4.92 Å². The number of hydrogen-bond donors (Lipinski definition) is 1. The molecule has 0 saturated carbocycles. The number of hydrogen-bond acceptors (Lipinski definition) is 4. The maximum Gasteiger partial charge on any atom is 0.269 e. The highest BCUT2D eigenvalue weighted by molar-refractivity contribution is 5.82. The molecule has 2 aromatic rings. The monoisotopic (exact) mass is 309 g/mol. The van der Waals surface area contributed by atoms with E-state index >= 15 is 0 Å². The van der Waals surface area contributed by atoms with Crippen molar-refractivity contribution in [3.8, 4) is 0 Å². The zero-order chi connectivity index (χ0) is 16.5. The van der Waals surface area contributed by atoms with Gasteiger partial charge in [0.15, 0.2) is 0 Å². The Kier molecular flexibility index (Phi) is 5.76. The maximum atomic E-state index is 11.6. The second-order valence-electron chi connectivity index (χ2n) is 4.68. The highest BCUT2D eigenvalue weighted by Gasteiger charge is 2.02. The Morgan fingerprint density at radius 3 is 2.48 bits per heavy atom. The fourth-order valence-corrected chi connectivity index (χ4v) is 1.83. The first-order valence-corrected chi connectivity index (χ1v) is 6.92. The number of non-ortho nitro benzene ring substituents is 1. The summed E-state index contributed by atoms with van der Waals surface area (Å²) < 4.78 is 0. The summed E-state index contributed by atoms with van der Waals surface area (Å²) in [5, 5.41) is 14.3. The summed E-state index contributed by atoms with van der Waals surface area (Å²) in [7, 11) is 0. The molecule has 0 aliphatic heterocycles. The summed E-state index contributed by atoms with van der Waals surface area (Å²) in [6.45, 7) is 0. The quantitative estimate of drug-likeness (QED) is 0.506. The Balaban J connectivity index is 1.79. The van der Waals surface area contributed by atoms with Gasteiger partial charge >= 0.3 is 0 Å². The minimum absolute atomic E-state index is 0.0454. The van der Waals surface area contributed by atoms with E-state index in [2.05, 4.69) is 10.5 Å². The first kappa shape index (κ1) is 16.1. The van der Waals surface area contributed by atoms with Crippen LogP contribution < -0.4 is 5.43 Å². The molecule has 0 aliphatic carbocycles. The second kappa shape index (κ2) is 8.23. The molecule has 23 heavy (non-hydrogen) atoms. The number of rotatable bonds is 6. The molecule has 0 atom stereocenters. The van der Waals surface area contributed by atoms with Crippen molar-refractivity contribution in [3.63, 3.8) is 0 Å². The molecule has 1 N–H and O–H groups in total. The molecule has 0 bridgehead atoms. The average Bonchev–Trinajstić information content (AvgIpc) is 2.56. The summed E-state index contributed by atoms with van der Waals surface area (Å²) in [4.78, 5) is 21.7. The van der Waals surface area contributed by atoms with Gasteiger partial charge in [0.2, 0.25) is 5.91 Å². The lowest BCUT2D eigenvalue weighted by molar-refractivity contribution is -0.384. The summed E-state index contributed by atoms with van der Waals surface area (Å²) >= 11 is 0. The molecular weight excluding hydrogens is 294 g/mol. The molecule has 1 amide bonds. The van der Waals surface area contributed by atoms with E-state index in [9.17, 15) is 14.9 Å². The van der Waals surface area contributed by atoms with Gasteiger partial charge in [-0.25, -0.2) is 5.43 Å². The predicted molar refractivity (Wildman–Crippen MR) is 88.9 cm³/mol. The molecular formula is C17H15N3O3. The molecule has 0 aliphatic rings. The standard InChI is InChI=1S/C17H15N3O3/c21-17(13-15-5-2-1-3-6-15)19-18-12-4-7-14-8-10-16(11-9-14)20(22)23/h1-12H,13H2,(H,19,21)/b7-4+,18-12+. The van der Waals surface area contributed by atoms with Crippen molar-refractivity contribution >= 4 is 23.9 Å². The van der Waals surface area contributed by atoms with Gasteiger partial charge in [-0.1, -0.05) is 36.4 Å². The average molecular weight is 309 g/mol. The summed E-state index contributed by atoms with van der Waals surface area (Å²) in [5.74, 6) is -0.198. The summed E-state index contributed by atoms with van der Waals surface area (Å²) in [6.07, 6.45) is 5.09. The lowest BCUT2D eigenvalue weighted by atomic mass is 10.1. The third-order valence-electron chi connectivity index (χ3n) is 2.95. The third-order valence-corrected chi connectivity index (χ3v) is 2.95. The molecule has 0 saturated heterocycles. The molecule has 116 valence electrons. The molecule has 0 unspecified atom stereocenters. The van der Waals surface area contributed by atoms with E-state index in [1.807, 2.05) is 30.3 Å². The van der Waals surface area contributed by atoms with Crippen molar-refractivity contribution in [3.05, 3.63) is 81.9 Å². The van der Waals surface area contributed by atoms with Crippen LogP contribution in [0, 0.1) is 10.1 Å². The Morgan fingerprint density at radius 1 is 1.13 bits per heavy atom. The van der Waals surface area contributed by atoms with Gasteiger partial charge in [-0.05, 0) is 29.3 Å². The fraction of sp³-hybridized carbons (Fsp3) is 0.0588. The van der Waals surface area contributed by atoms with E-state index in [-0.39, 0.29) is 18.0 Å². The van der Waals surface area contributed by atoms with E-state index in [0.717, 1.165) is 11.1 Å². The van der Waals surface area contributed by atoms with E-state index in [4.69, 9.17) is 0 Å². The Bertz CT molecular complexity index is 723. The number of benzene rings is 2. The highest BCUT2D eigenvalue weighted by Crippen LogP contribution is 2.12. The molecule has 0 radical (unpaired) electrons. The van der Waals surface area contributed by atoms with E-state index in [1.54, 1.807) is 24.3 Å². The maximum absolute atomic E-state index is 11.6. The lowest BCUT2D eigenvalue weighted by Crippen LogP contribution is -2.19. The molecule has 6 heteroatoms. The number of nitro benzene ring substituents is 1. The first-order valence-electron chi connectivity index (χ1n) is 6.92. The van der Waals surface area contributed by atoms with Crippen molar-refractivity contribution < 1.29 is 9.72 Å². The van der Waals surface area contributed by atoms with Crippen molar-refractivity contribution in [1.82, 2.24) is 5.43 Å². The van der Waals surface area contributed by atoms with Gasteiger partial charge in [0.05, 0.1) is 11.3 Å². The zero-order valence-electron chi connectivity index (χ0n) is 12.3. The number of amides is 1. The van der Waals surface area contributed by atoms with Crippen LogP contribution in [0.25, 0.3) is 6.08 Å². The molecule has 0 fully saturated rings. The normalized spacial score (nSPS) is 11.0. The predicted octanol–water partition coefficient (Wildman–Crippen LogP) is 2.95. The number of allylic oxidation sites excluding steroid dienone is 1. The van der Waals surface area contributed by atoms with Gasteiger partial charge in [0.25, 0.3) is 5.69 Å². The zero-order valence-corrected chi connectivity index (χ0v) is 12.3. The lowest BCUT2D eigenvalue weighted by Gasteiger charge is -1.99. The smallest absolute Gasteiger partial charge is 0.269 e. The van der Waals surface area contributed by atoms with Gasteiger partial charge in [-0.3, -0.25) is 14.9 Å². The van der Waals surface area contributed by atoms with Crippen LogP contribution in [0.4, 0.5) is 5.69 Å². The van der Waals surface area contributed by atoms with Gasteiger partial charge in [0, 0.05) is 18.3 Å². The molecule has 0 aromatic heterocycles. The largest absolute Gasteiger partial charge is 0.273 e. The van der Waals surface area contributed by atoms with Gasteiger partial charge < -0.3 is 0 Å². The van der Waals surface area contributed by atoms with Crippen molar-refractivity contribution in [2.24, 2.45) is 5.10 Å². The molecule has 2 rings (SSSR count). The molecule has 6 nitrogen and oxygen atoms in total. The summed E-state index contributed by atoms with van der Waals surface area (Å²) in [5.41, 5.74) is 4.20. The Morgan fingerprint density at radius 2 is 1.83 bits per heavy atom. The SMILES string of the molecule is O=C(Cc1ccccc1)N/N=C/C=C/c1ccc([N+](=O)[O-])cc1. The van der Waals surface area contributed by atoms with E-state index in [1.165, 1.54) is 18.3 Å². The minimum atomic E-state index is -0.447. The van der Waals surface area contributed by atoms with Gasteiger partial charge in [-0.2, -0.15) is 5.10 Å². The Hall–Kier alpha value is -3.28. The number of nitro groups is 1. The first-order chi connectivity index (χ1) is 11.1. The number of nitrogens with one attached hydrogen (secondary N) is 1.